The van der Waals surface area contributed by atoms with Crippen LogP contribution in [0.5, 0.6) is 0 Å². The Morgan fingerprint density at radius 3 is 2.94 bits per heavy atom. The van der Waals surface area contributed by atoms with Crippen LogP contribution in [0.4, 0.5) is 11.6 Å². The first-order chi connectivity index (χ1) is 8.84. The molecule has 1 atom stereocenters. The van der Waals surface area contributed by atoms with Crippen LogP contribution in [0.25, 0.3) is 0 Å². The van der Waals surface area contributed by atoms with E-state index >= 15 is 0 Å². The summed E-state index contributed by atoms with van der Waals surface area (Å²) in [5.74, 6) is 1.35. The van der Waals surface area contributed by atoms with Gasteiger partial charge in [-0.1, -0.05) is 0 Å². The lowest BCUT2D eigenvalue weighted by atomic mass is 10.1. The van der Waals surface area contributed by atoms with E-state index in [2.05, 4.69) is 24.8 Å². The molecular formula is C12H14N6. The average molecular weight is 242 g/mol. The fraction of sp³-hybridized carbons (Fsp3) is 0.333. The summed E-state index contributed by atoms with van der Waals surface area (Å²) in [7, 11) is 0. The Bertz CT molecular complexity index is 529. The van der Waals surface area contributed by atoms with Crippen molar-refractivity contribution >= 4 is 11.6 Å². The molecule has 0 aliphatic carbocycles. The van der Waals surface area contributed by atoms with E-state index in [1.807, 2.05) is 6.20 Å². The van der Waals surface area contributed by atoms with Gasteiger partial charge in [0, 0.05) is 25.0 Å². The normalized spacial score (nSPS) is 19.1. The van der Waals surface area contributed by atoms with Crippen LogP contribution >= 0.6 is 0 Å². The number of nitrogens with two attached hydrogens (primary N) is 1. The number of nitrogen functional groups attached to an aromatic ring is 1. The number of hydrogen-bond donors (Lipinski definition) is 1. The molecule has 1 fully saturated rings. The molecule has 0 bridgehead atoms. The van der Waals surface area contributed by atoms with Crippen molar-refractivity contribution in [3.05, 3.63) is 36.7 Å². The molecule has 0 amide bonds. The highest BCUT2D eigenvalue weighted by Crippen LogP contribution is 2.33. The molecule has 0 radical (unpaired) electrons. The molecule has 2 N–H and O–H groups in total. The zero-order valence-corrected chi connectivity index (χ0v) is 9.90. The third-order valence-corrected chi connectivity index (χ3v) is 3.15. The summed E-state index contributed by atoms with van der Waals surface area (Å²) in [5, 5.41) is 0. The van der Waals surface area contributed by atoms with E-state index in [0.29, 0.717) is 5.82 Å². The van der Waals surface area contributed by atoms with Crippen molar-refractivity contribution in [2.75, 3.05) is 17.2 Å². The number of nitrogens with zero attached hydrogens (tertiary/aromatic N) is 5. The summed E-state index contributed by atoms with van der Waals surface area (Å²) >= 11 is 0. The fourth-order valence-electron chi connectivity index (χ4n) is 2.35. The van der Waals surface area contributed by atoms with Crippen molar-refractivity contribution in [1.29, 1.82) is 0 Å². The van der Waals surface area contributed by atoms with E-state index in [1.54, 1.807) is 18.5 Å². The van der Waals surface area contributed by atoms with Crippen LogP contribution in [0.2, 0.25) is 0 Å². The Hall–Kier alpha value is -2.24. The van der Waals surface area contributed by atoms with Crippen LogP contribution in [-0.4, -0.2) is 26.5 Å². The van der Waals surface area contributed by atoms with Crippen molar-refractivity contribution < 1.29 is 0 Å². The van der Waals surface area contributed by atoms with Gasteiger partial charge in [-0.3, -0.25) is 9.97 Å². The van der Waals surface area contributed by atoms with Gasteiger partial charge in [0.2, 0.25) is 0 Å². The Kier molecular flexibility index (Phi) is 2.76. The molecule has 1 aliphatic heterocycles. The van der Waals surface area contributed by atoms with Crippen LogP contribution in [0, 0.1) is 0 Å². The second-order valence-corrected chi connectivity index (χ2v) is 4.28. The Labute approximate surface area is 105 Å². The van der Waals surface area contributed by atoms with E-state index in [4.69, 9.17) is 5.73 Å². The van der Waals surface area contributed by atoms with Crippen molar-refractivity contribution in [3.8, 4) is 0 Å². The van der Waals surface area contributed by atoms with Gasteiger partial charge in [0.25, 0.3) is 0 Å². The van der Waals surface area contributed by atoms with Crippen molar-refractivity contribution in [2.45, 2.75) is 18.9 Å². The molecule has 0 spiro atoms. The van der Waals surface area contributed by atoms with Gasteiger partial charge >= 0.3 is 0 Å². The summed E-state index contributed by atoms with van der Waals surface area (Å²) in [6.45, 7) is 0.956. The lowest BCUT2D eigenvalue weighted by Crippen LogP contribution is -2.24. The lowest BCUT2D eigenvalue weighted by molar-refractivity contribution is 0.682. The van der Waals surface area contributed by atoms with Gasteiger partial charge in [0.1, 0.15) is 18.0 Å². The van der Waals surface area contributed by atoms with Crippen LogP contribution in [0.3, 0.4) is 0 Å². The summed E-state index contributed by atoms with van der Waals surface area (Å²) < 4.78 is 0. The van der Waals surface area contributed by atoms with Gasteiger partial charge in [0.15, 0.2) is 0 Å². The predicted octanol–water partition coefficient (Wildman–Crippen LogP) is 1.19. The van der Waals surface area contributed by atoms with Gasteiger partial charge in [0.05, 0.1) is 17.9 Å². The molecule has 0 aromatic carbocycles. The Morgan fingerprint density at radius 2 is 2.17 bits per heavy atom. The monoisotopic (exact) mass is 242 g/mol. The highest BCUT2D eigenvalue weighted by atomic mass is 15.2. The van der Waals surface area contributed by atoms with Crippen molar-refractivity contribution in [1.82, 2.24) is 19.9 Å². The molecule has 3 heterocycles. The maximum absolute atomic E-state index is 5.70. The van der Waals surface area contributed by atoms with Gasteiger partial charge < -0.3 is 10.6 Å². The minimum atomic E-state index is 0.230. The quantitative estimate of drug-likeness (QED) is 0.852. The van der Waals surface area contributed by atoms with Crippen molar-refractivity contribution in [2.24, 2.45) is 0 Å². The summed E-state index contributed by atoms with van der Waals surface area (Å²) in [5.41, 5.74) is 6.68. The largest absolute Gasteiger partial charge is 0.384 e. The molecule has 92 valence electrons. The number of anilines is 2. The lowest BCUT2D eigenvalue weighted by Gasteiger charge is -2.24. The molecular weight excluding hydrogens is 228 g/mol. The average Bonchev–Trinajstić information content (AvgIpc) is 2.89. The Balaban J connectivity index is 1.92. The fourth-order valence-corrected chi connectivity index (χ4v) is 2.35. The van der Waals surface area contributed by atoms with E-state index in [0.717, 1.165) is 30.9 Å². The van der Waals surface area contributed by atoms with Gasteiger partial charge in [-0.05, 0) is 12.8 Å². The molecule has 1 saturated heterocycles. The van der Waals surface area contributed by atoms with Gasteiger partial charge in [-0.15, -0.1) is 0 Å². The molecule has 0 saturated carbocycles. The van der Waals surface area contributed by atoms with E-state index in [9.17, 15) is 0 Å². The number of aromatic nitrogens is 4. The number of hydrogen-bond acceptors (Lipinski definition) is 6. The van der Waals surface area contributed by atoms with Crippen LogP contribution in [0.15, 0.2) is 31.0 Å². The number of rotatable bonds is 2. The summed E-state index contributed by atoms with van der Waals surface area (Å²) in [4.78, 5) is 18.9. The second-order valence-electron chi connectivity index (χ2n) is 4.28. The highest BCUT2D eigenvalue weighted by molar-refractivity contribution is 5.48. The molecule has 3 rings (SSSR count). The third-order valence-electron chi connectivity index (χ3n) is 3.15. The summed E-state index contributed by atoms with van der Waals surface area (Å²) in [6, 6.07) is 2.03. The minimum Gasteiger partial charge on any atom is -0.384 e. The zero-order chi connectivity index (χ0) is 12.4. The second kappa shape index (κ2) is 4.56. The van der Waals surface area contributed by atoms with Gasteiger partial charge in [-0.2, -0.15) is 0 Å². The molecule has 6 nitrogen and oxygen atoms in total. The molecule has 2 aromatic heterocycles. The minimum absolute atomic E-state index is 0.230. The van der Waals surface area contributed by atoms with Crippen LogP contribution in [-0.2, 0) is 0 Å². The van der Waals surface area contributed by atoms with Gasteiger partial charge in [-0.25, -0.2) is 9.97 Å². The summed E-state index contributed by atoms with van der Waals surface area (Å²) in [6.07, 6.45) is 8.89. The standard InChI is InChI=1S/C12H14N6/c13-11-6-12(17-8-16-11)18-5-1-2-10(18)9-7-14-3-4-15-9/h3-4,6-8,10H,1-2,5H2,(H2,13,16,17)/t10-/m1/s1. The third kappa shape index (κ3) is 1.97. The first kappa shape index (κ1) is 10.9. The first-order valence-corrected chi connectivity index (χ1v) is 5.94. The van der Waals surface area contributed by atoms with E-state index in [1.165, 1.54) is 6.33 Å². The smallest absolute Gasteiger partial charge is 0.134 e. The predicted molar refractivity (Wildman–Crippen MR) is 67.8 cm³/mol. The topological polar surface area (TPSA) is 80.8 Å². The molecule has 18 heavy (non-hydrogen) atoms. The Morgan fingerprint density at radius 1 is 1.22 bits per heavy atom. The van der Waals surface area contributed by atoms with E-state index in [-0.39, 0.29) is 6.04 Å². The van der Waals surface area contributed by atoms with Crippen LogP contribution < -0.4 is 10.6 Å². The first-order valence-electron chi connectivity index (χ1n) is 5.94. The van der Waals surface area contributed by atoms with Crippen LogP contribution in [0.1, 0.15) is 24.6 Å². The van der Waals surface area contributed by atoms with E-state index < -0.39 is 0 Å². The highest BCUT2D eigenvalue weighted by Gasteiger charge is 2.28. The van der Waals surface area contributed by atoms with Crippen molar-refractivity contribution in [3.63, 3.8) is 0 Å². The zero-order valence-electron chi connectivity index (χ0n) is 9.90. The molecule has 6 heteroatoms. The molecule has 1 aliphatic rings. The SMILES string of the molecule is Nc1cc(N2CCC[C@@H]2c2cnccn2)ncn1. The maximum Gasteiger partial charge on any atom is 0.134 e. The molecule has 0 unspecified atom stereocenters. The maximum atomic E-state index is 5.70. The molecule has 2 aromatic rings.